The smallest absolute Gasteiger partial charge is 0.155 e. The summed E-state index contributed by atoms with van der Waals surface area (Å²) < 4.78 is 0. The summed E-state index contributed by atoms with van der Waals surface area (Å²) in [6.07, 6.45) is 1.81. The molecule has 3 aromatic rings. The maximum atomic E-state index is 4.66. The van der Waals surface area contributed by atoms with Crippen LogP contribution in [0, 0.1) is 0 Å². The first kappa shape index (κ1) is 8.75. The van der Waals surface area contributed by atoms with Gasteiger partial charge < -0.3 is 5.32 Å². The monoisotopic (exact) mass is 222 g/mol. The Labute approximate surface area is 97.7 Å². The Kier molecular flexibility index (Phi) is 1.58. The van der Waals surface area contributed by atoms with E-state index in [1.165, 1.54) is 5.56 Å². The first-order valence-electron chi connectivity index (χ1n) is 5.58. The van der Waals surface area contributed by atoms with Crippen molar-refractivity contribution in [2.45, 2.75) is 6.54 Å². The quantitative estimate of drug-likeness (QED) is 0.614. The number of aromatic nitrogens is 3. The van der Waals surface area contributed by atoms with Crippen molar-refractivity contribution in [1.82, 2.24) is 15.2 Å². The topological polar surface area (TPSA) is 53.6 Å². The fourth-order valence-electron chi connectivity index (χ4n) is 2.33. The molecule has 0 amide bonds. The average molecular weight is 222 g/mol. The Bertz CT molecular complexity index is 714. The largest absolute Gasteiger partial charge is 0.380 e. The average Bonchev–Trinajstić information content (AvgIpc) is 2.83. The first-order valence-corrected chi connectivity index (χ1v) is 5.58. The number of para-hydroxylation sites is 1. The van der Waals surface area contributed by atoms with E-state index in [0.29, 0.717) is 0 Å². The second-order valence-electron chi connectivity index (χ2n) is 4.20. The number of rotatable bonds is 0. The number of hydrogen-bond donors (Lipinski definition) is 2. The van der Waals surface area contributed by atoms with Gasteiger partial charge in [0.2, 0.25) is 0 Å². The lowest BCUT2D eigenvalue weighted by Gasteiger charge is -2.20. The Hall–Kier alpha value is -2.36. The lowest BCUT2D eigenvalue weighted by molar-refractivity contribution is 1.08. The highest BCUT2D eigenvalue weighted by molar-refractivity contribution is 5.86. The van der Waals surface area contributed by atoms with E-state index in [-0.39, 0.29) is 0 Å². The van der Waals surface area contributed by atoms with E-state index in [9.17, 15) is 0 Å². The fourth-order valence-corrected chi connectivity index (χ4v) is 2.33. The Balaban J connectivity index is 2.07. The lowest BCUT2D eigenvalue weighted by Crippen LogP contribution is -2.09. The number of hydrogen-bond acceptors (Lipinski definition) is 3. The van der Waals surface area contributed by atoms with E-state index in [1.807, 2.05) is 18.3 Å². The highest BCUT2D eigenvalue weighted by Crippen LogP contribution is 2.34. The predicted molar refractivity (Wildman–Crippen MR) is 66.7 cm³/mol. The van der Waals surface area contributed by atoms with E-state index >= 15 is 0 Å². The maximum absolute atomic E-state index is 4.66. The molecule has 2 N–H and O–H groups in total. The second kappa shape index (κ2) is 3.07. The first-order chi connectivity index (χ1) is 8.42. The van der Waals surface area contributed by atoms with Crippen LogP contribution in [0.25, 0.3) is 22.3 Å². The Morgan fingerprint density at radius 3 is 3.12 bits per heavy atom. The van der Waals surface area contributed by atoms with E-state index in [4.69, 9.17) is 0 Å². The van der Waals surface area contributed by atoms with Crippen molar-refractivity contribution in [3.8, 4) is 11.3 Å². The van der Waals surface area contributed by atoms with E-state index in [2.05, 4.69) is 38.7 Å². The zero-order chi connectivity index (χ0) is 11.2. The van der Waals surface area contributed by atoms with Crippen LogP contribution in [0.2, 0.25) is 0 Å². The van der Waals surface area contributed by atoms with Crippen LogP contribution in [-0.4, -0.2) is 15.2 Å². The molecule has 1 aromatic carbocycles. The predicted octanol–water partition coefficient (Wildman–Crippen LogP) is 2.55. The van der Waals surface area contributed by atoms with Gasteiger partial charge >= 0.3 is 0 Å². The summed E-state index contributed by atoms with van der Waals surface area (Å²) in [5, 5.41) is 11.4. The van der Waals surface area contributed by atoms with Crippen molar-refractivity contribution < 1.29 is 0 Å². The molecule has 0 atom stereocenters. The van der Waals surface area contributed by atoms with Crippen LogP contribution < -0.4 is 5.32 Å². The van der Waals surface area contributed by atoms with Crippen molar-refractivity contribution >= 4 is 16.7 Å². The van der Waals surface area contributed by atoms with E-state index < -0.39 is 0 Å². The van der Waals surface area contributed by atoms with Crippen LogP contribution in [0.5, 0.6) is 0 Å². The molecule has 17 heavy (non-hydrogen) atoms. The molecule has 0 saturated carbocycles. The fraction of sp³-hybridized carbons (Fsp3) is 0.0769. The SMILES string of the molecule is c1ccc2c(c1)NCc1cc3cn[nH]c3nc1-2. The van der Waals surface area contributed by atoms with E-state index in [1.54, 1.807) is 0 Å². The molecule has 0 saturated heterocycles. The van der Waals surface area contributed by atoms with Gasteiger partial charge in [0.05, 0.1) is 11.9 Å². The summed E-state index contributed by atoms with van der Waals surface area (Å²) in [7, 11) is 0. The summed E-state index contributed by atoms with van der Waals surface area (Å²) in [5.41, 5.74) is 5.42. The normalized spacial score (nSPS) is 12.9. The zero-order valence-corrected chi connectivity index (χ0v) is 9.07. The third kappa shape index (κ3) is 1.18. The number of benzene rings is 1. The molecule has 82 valence electrons. The van der Waals surface area contributed by atoms with Gasteiger partial charge in [0.1, 0.15) is 0 Å². The molecular formula is C13H10N4. The molecule has 0 bridgehead atoms. The number of nitrogens with zero attached hydrogens (tertiary/aromatic N) is 2. The van der Waals surface area contributed by atoms with Gasteiger partial charge in [0, 0.05) is 23.2 Å². The number of nitrogens with one attached hydrogen (secondary N) is 2. The summed E-state index contributed by atoms with van der Waals surface area (Å²) >= 11 is 0. The van der Waals surface area contributed by atoms with Crippen LogP contribution in [0.4, 0.5) is 5.69 Å². The third-order valence-electron chi connectivity index (χ3n) is 3.16. The Morgan fingerprint density at radius 1 is 1.18 bits per heavy atom. The van der Waals surface area contributed by atoms with Gasteiger partial charge in [-0.25, -0.2) is 4.98 Å². The van der Waals surface area contributed by atoms with Gasteiger partial charge in [0.15, 0.2) is 5.65 Å². The Morgan fingerprint density at radius 2 is 2.12 bits per heavy atom. The molecule has 4 nitrogen and oxygen atoms in total. The number of pyridine rings is 1. The highest BCUT2D eigenvalue weighted by Gasteiger charge is 2.17. The van der Waals surface area contributed by atoms with Gasteiger partial charge in [-0.1, -0.05) is 18.2 Å². The molecule has 0 spiro atoms. The number of anilines is 1. The number of H-pyrrole nitrogens is 1. The van der Waals surface area contributed by atoms with Crippen molar-refractivity contribution in [1.29, 1.82) is 0 Å². The molecule has 1 aliphatic heterocycles. The van der Waals surface area contributed by atoms with Crippen molar-refractivity contribution in [3.63, 3.8) is 0 Å². The highest BCUT2D eigenvalue weighted by atomic mass is 15.1. The molecule has 0 fully saturated rings. The number of aromatic amines is 1. The number of fused-ring (bicyclic) bond motifs is 4. The molecular weight excluding hydrogens is 212 g/mol. The van der Waals surface area contributed by atoms with Gasteiger partial charge in [0.25, 0.3) is 0 Å². The minimum absolute atomic E-state index is 0.820. The van der Waals surface area contributed by atoms with Crippen LogP contribution in [0.3, 0.4) is 0 Å². The molecule has 3 heterocycles. The summed E-state index contributed by atoms with van der Waals surface area (Å²) in [6, 6.07) is 10.4. The van der Waals surface area contributed by atoms with Gasteiger partial charge in [-0.15, -0.1) is 0 Å². The molecule has 0 unspecified atom stereocenters. The molecule has 4 rings (SSSR count). The van der Waals surface area contributed by atoms with E-state index in [0.717, 1.165) is 34.5 Å². The van der Waals surface area contributed by atoms with Crippen molar-refractivity contribution in [2.24, 2.45) is 0 Å². The summed E-state index contributed by atoms with van der Waals surface area (Å²) in [6.45, 7) is 0.820. The molecule has 2 aromatic heterocycles. The lowest BCUT2D eigenvalue weighted by atomic mass is 9.99. The standard InChI is InChI=1S/C13H10N4/c1-2-4-11-10(3-1)12-8(6-14-11)5-9-7-15-17-13(9)16-12/h1-5,7,14H,6H2,(H,15,16,17). The molecule has 1 aliphatic rings. The van der Waals surface area contributed by atoms with Crippen LogP contribution in [-0.2, 0) is 6.54 Å². The van der Waals surface area contributed by atoms with Crippen LogP contribution in [0.15, 0.2) is 36.5 Å². The third-order valence-corrected chi connectivity index (χ3v) is 3.16. The van der Waals surface area contributed by atoms with Gasteiger partial charge in [-0.2, -0.15) is 5.10 Å². The van der Waals surface area contributed by atoms with Gasteiger partial charge in [-0.05, 0) is 17.7 Å². The zero-order valence-electron chi connectivity index (χ0n) is 9.07. The minimum Gasteiger partial charge on any atom is -0.380 e. The van der Waals surface area contributed by atoms with Gasteiger partial charge in [-0.3, -0.25) is 5.10 Å². The van der Waals surface area contributed by atoms with Crippen molar-refractivity contribution in [3.05, 3.63) is 42.1 Å². The maximum Gasteiger partial charge on any atom is 0.155 e. The second-order valence-corrected chi connectivity index (χ2v) is 4.20. The molecule has 0 radical (unpaired) electrons. The van der Waals surface area contributed by atoms with Crippen molar-refractivity contribution in [2.75, 3.05) is 5.32 Å². The van der Waals surface area contributed by atoms with Crippen LogP contribution in [0.1, 0.15) is 5.56 Å². The summed E-state index contributed by atoms with van der Waals surface area (Å²) in [5.74, 6) is 0. The summed E-state index contributed by atoms with van der Waals surface area (Å²) in [4.78, 5) is 4.66. The van der Waals surface area contributed by atoms with Crippen LogP contribution >= 0.6 is 0 Å². The minimum atomic E-state index is 0.820. The molecule has 0 aliphatic carbocycles. The molecule has 4 heteroatoms.